The Balaban J connectivity index is 2.03. The summed E-state index contributed by atoms with van der Waals surface area (Å²) in [6.45, 7) is 0. The molecule has 114 valence electrons. The fraction of sp³-hybridized carbons (Fsp3) is 0.235. The fourth-order valence-corrected chi connectivity index (χ4v) is 2.61. The molecule has 1 aliphatic heterocycles. The molecule has 0 radical (unpaired) electrons. The average Bonchev–Trinajstić information content (AvgIpc) is 2.89. The molecule has 22 heavy (non-hydrogen) atoms. The molecule has 3 rings (SSSR count). The number of ether oxygens (including phenoxy) is 3. The van der Waals surface area contributed by atoms with Gasteiger partial charge in [-0.25, -0.2) is 4.79 Å². The molecule has 1 heterocycles. The number of rotatable bonds is 4. The van der Waals surface area contributed by atoms with Crippen molar-refractivity contribution in [2.75, 3.05) is 14.2 Å². The smallest absolute Gasteiger partial charge is 0.339 e. The Hall–Kier alpha value is -2.53. The minimum Gasteiger partial charge on any atom is -0.493 e. The average molecular weight is 300 g/mol. The third-order valence-electron chi connectivity index (χ3n) is 3.74. The molecule has 0 aromatic heterocycles. The third-order valence-corrected chi connectivity index (χ3v) is 3.74. The molecular formula is C17H16O5. The molecule has 5 nitrogen and oxygen atoms in total. The number of carbonyl (C=O) groups is 1. The molecule has 0 saturated heterocycles. The maximum absolute atomic E-state index is 12.0. The van der Waals surface area contributed by atoms with Crippen LogP contribution in [0.15, 0.2) is 42.5 Å². The van der Waals surface area contributed by atoms with Crippen LogP contribution in [0.3, 0.4) is 0 Å². The van der Waals surface area contributed by atoms with Gasteiger partial charge in [-0.1, -0.05) is 30.3 Å². The summed E-state index contributed by atoms with van der Waals surface area (Å²) >= 11 is 0. The summed E-state index contributed by atoms with van der Waals surface area (Å²) in [4.78, 5) is 12.0. The number of methoxy groups -OCH3 is 2. The number of hydrogen-bond donors (Lipinski definition) is 1. The zero-order valence-electron chi connectivity index (χ0n) is 12.3. The third kappa shape index (κ3) is 2.29. The lowest BCUT2D eigenvalue weighted by atomic mass is 9.96. The van der Waals surface area contributed by atoms with E-state index < -0.39 is 18.2 Å². The molecule has 2 atom stereocenters. The van der Waals surface area contributed by atoms with E-state index in [1.807, 2.05) is 18.2 Å². The largest absolute Gasteiger partial charge is 0.493 e. The summed E-state index contributed by atoms with van der Waals surface area (Å²) in [7, 11) is 3.02. The number of aliphatic hydroxyl groups excluding tert-OH is 1. The molecule has 5 heteroatoms. The summed E-state index contributed by atoms with van der Waals surface area (Å²) in [5.41, 5.74) is 1.67. The van der Waals surface area contributed by atoms with E-state index in [0.29, 0.717) is 28.2 Å². The number of fused-ring (bicyclic) bond motifs is 1. The molecule has 1 N–H and O–H groups in total. The van der Waals surface area contributed by atoms with E-state index >= 15 is 0 Å². The minimum absolute atomic E-state index is 0.387. The van der Waals surface area contributed by atoms with Crippen molar-refractivity contribution in [1.29, 1.82) is 0 Å². The second kappa shape index (κ2) is 5.69. The lowest BCUT2D eigenvalue weighted by Gasteiger charge is -2.19. The van der Waals surface area contributed by atoms with Crippen LogP contribution in [0.4, 0.5) is 0 Å². The summed E-state index contributed by atoms with van der Waals surface area (Å²) in [6.07, 6.45) is -1.70. The van der Waals surface area contributed by atoms with Crippen molar-refractivity contribution in [1.82, 2.24) is 0 Å². The van der Waals surface area contributed by atoms with Crippen LogP contribution in [0, 0.1) is 0 Å². The highest BCUT2D eigenvalue weighted by Gasteiger charge is 2.38. The summed E-state index contributed by atoms with van der Waals surface area (Å²) in [5, 5.41) is 10.5. The van der Waals surface area contributed by atoms with Crippen molar-refractivity contribution in [2.24, 2.45) is 0 Å². The summed E-state index contributed by atoms with van der Waals surface area (Å²) in [6, 6.07) is 12.3. The molecule has 0 fully saturated rings. The number of aliphatic hydroxyl groups is 1. The molecule has 1 aliphatic rings. The minimum atomic E-state index is -0.940. The number of esters is 1. The van der Waals surface area contributed by atoms with Gasteiger partial charge in [-0.05, 0) is 17.7 Å². The Kier molecular flexibility index (Phi) is 3.73. The maximum atomic E-state index is 12.0. The zero-order valence-corrected chi connectivity index (χ0v) is 12.3. The monoisotopic (exact) mass is 300 g/mol. The molecule has 2 aromatic carbocycles. The highest BCUT2D eigenvalue weighted by atomic mass is 16.6. The van der Waals surface area contributed by atoms with Gasteiger partial charge < -0.3 is 19.3 Å². The van der Waals surface area contributed by atoms with Gasteiger partial charge >= 0.3 is 5.97 Å². The first-order chi connectivity index (χ1) is 10.7. The quantitative estimate of drug-likeness (QED) is 0.879. The van der Waals surface area contributed by atoms with Crippen LogP contribution in [0.1, 0.15) is 33.7 Å². The Morgan fingerprint density at radius 2 is 1.73 bits per heavy atom. The lowest BCUT2D eigenvalue weighted by molar-refractivity contribution is -0.0103. The molecule has 0 amide bonds. The van der Waals surface area contributed by atoms with Crippen molar-refractivity contribution in [3.8, 4) is 11.5 Å². The Labute approximate surface area is 128 Å². The van der Waals surface area contributed by atoms with Gasteiger partial charge in [0, 0.05) is 5.56 Å². The first-order valence-electron chi connectivity index (χ1n) is 6.85. The first kappa shape index (κ1) is 14.4. The van der Waals surface area contributed by atoms with E-state index in [-0.39, 0.29) is 0 Å². The Morgan fingerprint density at radius 1 is 1.09 bits per heavy atom. The molecular weight excluding hydrogens is 284 g/mol. The SMILES string of the molecule is COc1cc2c(cc1OC)[C@H](C(O)c1ccccc1)OC2=O. The van der Waals surface area contributed by atoms with Crippen LogP contribution in [0.5, 0.6) is 11.5 Å². The number of cyclic esters (lactones) is 1. The van der Waals surface area contributed by atoms with Gasteiger partial charge in [-0.3, -0.25) is 0 Å². The highest BCUT2D eigenvalue weighted by molar-refractivity contribution is 5.95. The van der Waals surface area contributed by atoms with Gasteiger partial charge in [0.15, 0.2) is 17.6 Å². The molecule has 0 bridgehead atoms. The number of carbonyl (C=O) groups excluding carboxylic acids is 1. The lowest BCUT2D eigenvalue weighted by Crippen LogP contribution is -2.10. The normalized spacial score (nSPS) is 17.6. The number of benzene rings is 2. The van der Waals surface area contributed by atoms with E-state index in [4.69, 9.17) is 14.2 Å². The Bertz CT molecular complexity index is 696. The van der Waals surface area contributed by atoms with Gasteiger partial charge in [0.05, 0.1) is 19.8 Å². The molecule has 0 saturated carbocycles. The predicted octanol–water partition coefficient (Wildman–Crippen LogP) is 2.65. The van der Waals surface area contributed by atoms with Gasteiger partial charge in [0.1, 0.15) is 6.10 Å². The van der Waals surface area contributed by atoms with Crippen LogP contribution in [-0.4, -0.2) is 25.3 Å². The maximum Gasteiger partial charge on any atom is 0.339 e. The molecule has 0 aliphatic carbocycles. The van der Waals surface area contributed by atoms with Crippen LogP contribution in [0.2, 0.25) is 0 Å². The standard InChI is InChI=1S/C17H16O5/c1-20-13-8-11-12(9-14(13)21-2)17(19)22-16(11)15(18)10-6-4-3-5-7-10/h3-9,15-16,18H,1-2H3/t15?,16-/m1/s1. The second-order valence-electron chi connectivity index (χ2n) is 4.98. The summed E-state index contributed by atoms with van der Waals surface area (Å²) in [5.74, 6) is 0.466. The van der Waals surface area contributed by atoms with Gasteiger partial charge in [-0.15, -0.1) is 0 Å². The van der Waals surface area contributed by atoms with Crippen LogP contribution < -0.4 is 9.47 Å². The van der Waals surface area contributed by atoms with E-state index in [1.165, 1.54) is 14.2 Å². The van der Waals surface area contributed by atoms with Crippen molar-refractivity contribution in [3.05, 3.63) is 59.2 Å². The van der Waals surface area contributed by atoms with E-state index in [9.17, 15) is 9.90 Å². The van der Waals surface area contributed by atoms with Crippen molar-refractivity contribution < 1.29 is 24.1 Å². The molecule has 1 unspecified atom stereocenters. The van der Waals surface area contributed by atoms with Crippen molar-refractivity contribution >= 4 is 5.97 Å². The van der Waals surface area contributed by atoms with Crippen molar-refractivity contribution in [3.63, 3.8) is 0 Å². The highest BCUT2D eigenvalue weighted by Crippen LogP contribution is 2.43. The number of hydrogen-bond acceptors (Lipinski definition) is 5. The van der Waals surface area contributed by atoms with Gasteiger partial charge in [0.2, 0.25) is 0 Å². The summed E-state index contributed by atoms with van der Waals surface area (Å²) < 4.78 is 15.8. The first-order valence-corrected chi connectivity index (χ1v) is 6.85. The zero-order chi connectivity index (χ0) is 15.7. The van der Waals surface area contributed by atoms with E-state index in [1.54, 1.807) is 24.3 Å². The second-order valence-corrected chi connectivity index (χ2v) is 4.98. The van der Waals surface area contributed by atoms with Crippen LogP contribution >= 0.6 is 0 Å². The van der Waals surface area contributed by atoms with Crippen molar-refractivity contribution in [2.45, 2.75) is 12.2 Å². The Morgan fingerprint density at radius 3 is 2.36 bits per heavy atom. The molecule has 0 spiro atoms. The fourth-order valence-electron chi connectivity index (χ4n) is 2.61. The van der Waals surface area contributed by atoms with Crippen LogP contribution in [0.25, 0.3) is 0 Å². The van der Waals surface area contributed by atoms with Gasteiger partial charge in [0.25, 0.3) is 0 Å². The van der Waals surface area contributed by atoms with Gasteiger partial charge in [-0.2, -0.15) is 0 Å². The van der Waals surface area contributed by atoms with E-state index in [2.05, 4.69) is 0 Å². The predicted molar refractivity (Wildman–Crippen MR) is 79.1 cm³/mol. The topological polar surface area (TPSA) is 65.0 Å². The molecule has 2 aromatic rings. The van der Waals surface area contributed by atoms with E-state index in [0.717, 1.165) is 0 Å². The van der Waals surface area contributed by atoms with Crippen LogP contribution in [-0.2, 0) is 4.74 Å².